The van der Waals surface area contributed by atoms with Crippen molar-refractivity contribution in [1.82, 2.24) is 5.32 Å². The van der Waals surface area contributed by atoms with E-state index in [1.54, 1.807) is 0 Å². The number of benzene rings is 2. The average molecular weight is 314 g/mol. The van der Waals surface area contributed by atoms with Crippen LogP contribution in [0.2, 0.25) is 0 Å². The third kappa shape index (κ3) is 4.37. The van der Waals surface area contributed by atoms with Crippen LogP contribution in [0.25, 0.3) is 10.8 Å². The number of hydrogen-bond donors (Lipinski definition) is 1. The van der Waals surface area contributed by atoms with Gasteiger partial charge in [0, 0.05) is 14.2 Å². The Labute approximate surface area is 135 Å². The molecule has 5 heteroatoms. The molecule has 0 aromatic heterocycles. The molecule has 1 atom stereocenters. The molecule has 1 unspecified atom stereocenters. The van der Waals surface area contributed by atoms with Crippen LogP contribution in [0, 0.1) is 5.92 Å². The van der Waals surface area contributed by atoms with Crippen LogP contribution in [0.4, 0.5) is 0 Å². The lowest BCUT2D eigenvalue weighted by molar-refractivity contribution is -0.129. The highest BCUT2D eigenvalue weighted by atomic mass is 16.7. The van der Waals surface area contributed by atoms with Crippen LogP contribution < -0.4 is 5.32 Å². The van der Waals surface area contributed by atoms with Gasteiger partial charge < -0.3 is 14.8 Å². The second-order valence-corrected chi connectivity index (χ2v) is 5.16. The van der Waals surface area contributed by atoms with E-state index in [-0.39, 0.29) is 12.5 Å². The summed E-state index contributed by atoms with van der Waals surface area (Å²) < 4.78 is 10.0. The first kappa shape index (κ1) is 17.1. The van der Waals surface area contributed by atoms with Gasteiger partial charge in [0.15, 0.2) is 6.29 Å². The van der Waals surface area contributed by atoms with Gasteiger partial charge in [-0.05, 0) is 22.8 Å². The number of hydrogen-bond acceptors (Lipinski definition) is 4. The molecule has 0 aliphatic heterocycles. The number of ether oxygens (including phenoxy) is 2. The number of carbonyl (C=O) groups excluding carboxylic acids is 2. The SMILES string of the molecule is COC(CNC(=O)C([C]=O)Cc1cccc2ccccc12)OC. The molecular formula is C18H20NO4. The summed E-state index contributed by atoms with van der Waals surface area (Å²) in [5, 5.41) is 4.77. The predicted octanol–water partition coefficient (Wildman–Crippen LogP) is 1.84. The second-order valence-electron chi connectivity index (χ2n) is 5.16. The fourth-order valence-electron chi connectivity index (χ4n) is 2.45. The highest BCUT2D eigenvalue weighted by molar-refractivity contribution is 5.93. The molecule has 1 N–H and O–H groups in total. The molecule has 0 spiro atoms. The van der Waals surface area contributed by atoms with E-state index >= 15 is 0 Å². The molecule has 5 nitrogen and oxygen atoms in total. The summed E-state index contributed by atoms with van der Waals surface area (Å²) in [5.41, 5.74) is 0.946. The van der Waals surface area contributed by atoms with Gasteiger partial charge in [-0.2, -0.15) is 0 Å². The van der Waals surface area contributed by atoms with Crippen LogP contribution in [0.15, 0.2) is 42.5 Å². The Balaban J connectivity index is 2.09. The molecule has 1 amide bonds. The summed E-state index contributed by atoms with van der Waals surface area (Å²) >= 11 is 0. The molecule has 2 aromatic carbocycles. The minimum Gasteiger partial charge on any atom is -0.354 e. The van der Waals surface area contributed by atoms with Crippen LogP contribution in [0.1, 0.15) is 5.56 Å². The Bertz CT molecular complexity index is 662. The van der Waals surface area contributed by atoms with Gasteiger partial charge in [0.1, 0.15) is 5.92 Å². The smallest absolute Gasteiger partial charge is 0.231 e. The maximum Gasteiger partial charge on any atom is 0.231 e. The zero-order valence-corrected chi connectivity index (χ0v) is 13.2. The fourth-order valence-corrected chi connectivity index (χ4v) is 2.45. The summed E-state index contributed by atoms with van der Waals surface area (Å²) in [6.45, 7) is 0.180. The van der Waals surface area contributed by atoms with Crippen LogP contribution in [-0.4, -0.2) is 39.2 Å². The number of amides is 1. The van der Waals surface area contributed by atoms with Gasteiger partial charge in [-0.1, -0.05) is 42.5 Å². The first-order valence-electron chi connectivity index (χ1n) is 7.37. The van der Waals surface area contributed by atoms with Crippen molar-refractivity contribution in [3.63, 3.8) is 0 Å². The van der Waals surface area contributed by atoms with Crippen molar-refractivity contribution in [2.24, 2.45) is 5.92 Å². The molecule has 0 saturated carbocycles. The van der Waals surface area contributed by atoms with E-state index in [9.17, 15) is 9.59 Å². The molecule has 0 saturated heterocycles. The number of nitrogens with one attached hydrogen (secondary N) is 1. The first-order valence-corrected chi connectivity index (χ1v) is 7.37. The van der Waals surface area contributed by atoms with E-state index in [4.69, 9.17) is 9.47 Å². The highest BCUT2D eigenvalue weighted by Gasteiger charge is 2.21. The number of carbonyl (C=O) groups is 1. The van der Waals surface area contributed by atoms with Crippen molar-refractivity contribution >= 4 is 23.0 Å². The average Bonchev–Trinajstić information content (AvgIpc) is 2.60. The molecule has 0 fully saturated rings. The van der Waals surface area contributed by atoms with E-state index in [1.165, 1.54) is 14.2 Å². The molecule has 0 aliphatic rings. The predicted molar refractivity (Wildman–Crippen MR) is 87.7 cm³/mol. The van der Waals surface area contributed by atoms with E-state index in [1.807, 2.05) is 48.8 Å². The monoisotopic (exact) mass is 314 g/mol. The van der Waals surface area contributed by atoms with Gasteiger partial charge in [-0.25, -0.2) is 0 Å². The Morgan fingerprint density at radius 1 is 1.13 bits per heavy atom. The number of fused-ring (bicyclic) bond motifs is 1. The minimum atomic E-state index is -0.866. The van der Waals surface area contributed by atoms with Crippen molar-refractivity contribution in [3.8, 4) is 0 Å². The van der Waals surface area contributed by atoms with E-state index in [2.05, 4.69) is 5.32 Å². The van der Waals surface area contributed by atoms with Gasteiger partial charge >= 0.3 is 0 Å². The first-order chi connectivity index (χ1) is 11.2. The molecule has 23 heavy (non-hydrogen) atoms. The van der Waals surface area contributed by atoms with Crippen molar-refractivity contribution in [2.45, 2.75) is 12.7 Å². The highest BCUT2D eigenvalue weighted by Crippen LogP contribution is 2.21. The van der Waals surface area contributed by atoms with Crippen molar-refractivity contribution in [1.29, 1.82) is 0 Å². The summed E-state index contributed by atoms with van der Waals surface area (Å²) in [5.74, 6) is -1.25. The van der Waals surface area contributed by atoms with E-state index in [0.717, 1.165) is 16.3 Å². The van der Waals surface area contributed by atoms with Gasteiger partial charge in [-0.3, -0.25) is 9.59 Å². The normalized spacial score (nSPS) is 12.3. The second kappa shape index (κ2) is 8.41. The summed E-state index contributed by atoms with van der Waals surface area (Å²) in [4.78, 5) is 23.4. The minimum absolute atomic E-state index is 0.180. The van der Waals surface area contributed by atoms with Gasteiger partial charge in [0.2, 0.25) is 12.2 Å². The summed E-state index contributed by atoms with van der Waals surface area (Å²) in [7, 11) is 2.97. The maximum atomic E-state index is 12.2. The molecular weight excluding hydrogens is 294 g/mol. The Kier molecular flexibility index (Phi) is 6.26. The van der Waals surface area contributed by atoms with Crippen molar-refractivity contribution < 1.29 is 19.1 Å². The van der Waals surface area contributed by atoms with Crippen LogP contribution in [0.5, 0.6) is 0 Å². The zero-order chi connectivity index (χ0) is 16.7. The van der Waals surface area contributed by atoms with Gasteiger partial charge in [0.25, 0.3) is 0 Å². The van der Waals surface area contributed by atoms with Crippen molar-refractivity contribution in [3.05, 3.63) is 48.0 Å². The third-order valence-electron chi connectivity index (χ3n) is 3.73. The lowest BCUT2D eigenvalue weighted by Gasteiger charge is -2.16. The Morgan fingerprint density at radius 3 is 2.52 bits per heavy atom. The molecule has 0 bridgehead atoms. The maximum absolute atomic E-state index is 12.2. The Morgan fingerprint density at radius 2 is 1.83 bits per heavy atom. The largest absolute Gasteiger partial charge is 0.354 e. The lowest BCUT2D eigenvalue weighted by atomic mass is 9.95. The van der Waals surface area contributed by atoms with Gasteiger partial charge in [0.05, 0.1) is 6.54 Å². The molecule has 0 heterocycles. The van der Waals surface area contributed by atoms with E-state index < -0.39 is 12.2 Å². The lowest BCUT2D eigenvalue weighted by Crippen LogP contribution is -2.39. The quantitative estimate of drug-likeness (QED) is 0.596. The van der Waals surface area contributed by atoms with Crippen LogP contribution >= 0.6 is 0 Å². The molecule has 2 aromatic rings. The molecule has 0 aliphatic carbocycles. The Hall–Kier alpha value is -2.24. The standard InChI is InChI=1S/C18H20NO4/c1-22-17(23-2)11-19-18(21)15(12-20)10-14-8-5-7-13-6-3-4-9-16(13)14/h3-9,15,17H,10-11H2,1-2H3,(H,19,21). The third-order valence-corrected chi connectivity index (χ3v) is 3.73. The fraction of sp³-hybridized carbons (Fsp3) is 0.333. The topological polar surface area (TPSA) is 64.6 Å². The van der Waals surface area contributed by atoms with Crippen molar-refractivity contribution in [2.75, 3.05) is 20.8 Å². The zero-order valence-electron chi connectivity index (χ0n) is 13.2. The summed E-state index contributed by atoms with van der Waals surface area (Å²) in [6, 6.07) is 13.7. The molecule has 121 valence electrons. The summed E-state index contributed by atoms with van der Waals surface area (Å²) in [6.07, 6.45) is 1.60. The number of rotatable bonds is 8. The molecule has 2 rings (SSSR count). The van der Waals surface area contributed by atoms with Gasteiger partial charge in [-0.15, -0.1) is 0 Å². The van der Waals surface area contributed by atoms with Crippen LogP contribution in [0.3, 0.4) is 0 Å². The molecule has 1 radical (unpaired) electrons. The number of methoxy groups -OCH3 is 2. The van der Waals surface area contributed by atoms with E-state index in [0.29, 0.717) is 6.42 Å². The van der Waals surface area contributed by atoms with Crippen LogP contribution in [-0.2, 0) is 25.5 Å².